The van der Waals surface area contributed by atoms with E-state index in [1.165, 1.54) is 10.1 Å². The highest BCUT2D eigenvalue weighted by Crippen LogP contribution is 2.43. The quantitative estimate of drug-likeness (QED) is 0.152. The van der Waals surface area contributed by atoms with Crippen LogP contribution in [0.3, 0.4) is 0 Å². The number of aromatic nitrogens is 6. The van der Waals surface area contributed by atoms with Crippen LogP contribution in [0.2, 0.25) is 0 Å². The molecule has 8 aromatic carbocycles. The molecule has 0 amide bonds. The number of benzene rings is 8. The molecule has 7 heteroatoms. The molecule has 0 radical (unpaired) electrons. The SMILES string of the molecule is c1ccc(-c2cccc(-c3nc(-c4ccccc4)nc(-c4cc(-c5ccc(-c6nc(-c7ccccc7)nc(-c7ccccc7)n6)cc5)cc5c4sc4ccccc45)n3)c2)cc1. The third-order valence-electron chi connectivity index (χ3n) is 10.8. The molecular formula is C54H34N6S. The topological polar surface area (TPSA) is 77.3 Å². The first-order chi connectivity index (χ1) is 30.2. The molecule has 0 saturated carbocycles. The summed E-state index contributed by atoms with van der Waals surface area (Å²) >= 11 is 1.77. The number of fused-ring (bicyclic) bond motifs is 3. The maximum absolute atomic E-state index is 5.27. The van der Waals surface area contributed by atoms with Crippen molar-refractivity contribution in [2.24, 2.45) is 0 Å². The smallest absolute Gasteiger partial charge is 0.165 e. The molecule has 0 N–H and O–H groups in total. The van der Waals surface area contributed by atoms with Gasteiger partial charge in [0.05, 0.1) is 0 Å². The lowest BCUT2D eigenvalue weighted by Crippen LogP contribution is -2.00. The molecule has 0 bridgehead atoms. The Bertz CT molecular complexity index is 3280. The summed E-state index contributed by atoms with van der Waals surface area (Å²) in [5.41, 5.74) is 9.91. The first-order valence-corrected chi connectivity index (χ1v) is 20.9. The fourth-order valence-electron chi connectivity index (χ4n) is 7.72. The summed E-state index contributed by atoms with van der Waals surface area (Å²) in [6.45, 7) is 0. The predicted molar refractivity (Wildman–Crippen MR) is 250 cm³/mol. The van der Waals surface area contributed by atoms with Crippen molar-refractivity contribution in [1.29, 1.82) is 0 Å². The van der Waals surface area contributed by atoms with Gasteiger partial charge in [-0.2, -0.15) is 0 Å². The van der Waals surface area contributed by atoms with Gasteiger partial charge < -0.3 is 0 Å². The van der Waals surface area contributed by atoms with Crippen molar-refractivity contribution in [2.45, 2.75) is 0 Å². The third kappa shape index (κ3) is 7.13. The van der Waals surface area contributed by atoms with Crippen LogP contribution in [0.1, 0.15) is 0 Å². The zero-order valence-electron chi connectivity index (χ0n) is 32.7. The molecule has 11 aromatic rings. The zero-order valence-corrected chi connectivity index (χ0v) is 33.5. The molecule has 0 aliphatic carbocycles. The van der Waals surface area contributed by atoms with Gasteiger partial charge in [0.15, 0.2) is 34.9 Å². The van der Waals surface area contributed by atoms with Crippen LogP contribution < -0.4 is 0 Å². The van der Waals surface area contributed by atoms with E-state index in [0.717, 1.165) is 65.7 Å². The largest absolute Gasteiger partial charge is 0.208 e. The van der Waals surface area contributed by atoms with Crippen molar-refractivity contribution < 1.29 is 0 Å². The van der Waals surface area contributed by atoms with E-state index in [4.69, 9.17) is 29.9 Å². The van der Waals surface area contributed by atoms with Crippen molar-refractivity contribution in [3.05, 3.63) is 206 Å². The van der Waals surface area contributed by atoms with Gasteiger partial charge in [0.1, 0.15) is 0 Å². The summed E-state index contributed by atoms with van der Waals surface area (Å²) in [7, 11) is 0. The molecule has 0 spiro atoms. The Morgan fingerprint density at radius 3 is 1.20 bits per heavy atom. The number of hydrogen-bond acceptors (Lipinski definition) is 7. The Balaban J connectivity index is 1.06. The van der Waals surface area contributed by atoms with Gasteiger partial charge in [-0.3, -0.25) is 0 Å². The summed E-state index contributed by atoms with van der Waals surface area (Å²) < 4.78 is 2.33. The highest BCUT2D eigenvalue weighted by atomic mass is 32.1. The number of hydrogen-bond donors (Lipinski definition) is 0. The van der Waals surface area contributed by atoms with Gasteiger partial charge in [-0.1, -0.05) is 182 Å². The monoisotopic (exact) mass is 798 g/mol. The Kier molecular flexibility index (Phi) is 9.26. The van der Waals surface area contributed by atoms with Gasteiger partial charge in [0, 0.05) is 53.6 Å². The van der Waals surface area contributed by atoms with E-state index in [2.05, 4.69) is 121 Å². The molecule has 11 rings (SSSR count). The average Bonchev–Trinajstić information content (AvgIpc) is 3.73. The van der Waals surface area contributed by atoms with Gasteiger partial charge in [-0.05, 0) is 46.5 Å². The molecule has 0 aliphatic rings. The highest BCUT2D eigenvalue weighted by molar-refractivity contribution is 7.26. The van der Waals surface area contributed by atoms with Crippen LogP contribution in [0.25, 0.3) is 111 Å². The van der Waals surface area contributed by atoms with Crippen LogP contribution in [-0.4, -0.2) is 29.9 Å². The highest BCUT2D eigenvalue weighted by Gasteiger charge is 2.19. The molecule has 0 unspecified atom stereocenters. The van der Waals surface area contributed by atoms with E-state index >= 15 is 0 Å². The molecule has 0 aliphatic heterocycles. The molecule has 3 aromatic heterocycles. The average molecular weight is 799 g/mol. The molecule has 6 nitrogen and oxygen atoms in total. The second-order valence-corrected chi connectivity index (χ2v) is 15.8. The van der Waals surface area contributed by atoms with Crippen LogP contribution >= 0.6 is 11.3 Å². The van der Waals surface area contributed by atoms with Gasteiger partial charge in [0.2, 0.25) is 0 Å². The summed E-state index contributed by atoms with van der Waals surface area (Å²) in [6.07, 6.45) is 0. The van der Waals surface area contributed by atoms with Gasteiger partial charge >= 0.3 is 0 Å². The molecule has 61 heavy (non-hydrogen) atoms. The molecule has 0 fully saturated rings. The second kappa shape index (κ2) is 15.6. The van der Waals surface area contributed by atoms with Crippen molar-refractivity contribution in [3.63, 3.8) is 0 Å². The van der Waals surface area contributed by atoms with E-state index in [-0.39, 0.29) is 0 Å². The van der Waals surface area contributed by atoms with Gasteiger partial charge in [0.25, 0.3) is 0 Å². The van der Waals surface area contributed by atoms with Gasteiger partial charge in [-0.15, -0.1) is 11.3 Å². The Morgan fingerprint density at radius 1 is 0.246 bits per heavy atom. The first kappa shape index (κ1) is 36.1. The van der Waals surface area contributed by atoms with E-state index in [9.17, 15) is 0 Å². The minimum atomic E-state index is 0.613. The summed E-state index contributed by atoms with van der Waals surface area (Å²) in [4.78, 5) is 30.4. The Labute approximate surface area is 356 Å². The minimum absolute atomic E-state index is 0.613. The third-order valence-corrected chi connectivity index (χ3v) is 12.0. The van der Waals surface area contributed by atoms with Crippen LogP contribution in [-0.2, 0) is 0 Å². The molecular weight excluding hydrogens is 765 g/mol. The van der Waals surface area contributed by atoms with Crippen molar-refractivity contribution >= 4 is 31.5 Å². The lowest BCUT2D eigenvalue weighted by atomic mass is 9.98. The zero-order chi connectivity index (χ0) is 40.5. The van der Waals surface area contributed by atoms with Crippen molar-refractivity contribution in [2.75, 3.05) is 0 Å². The lowest BCUT2D eigenvalue weighted by Gasteiger charge is -2.12. The minimum Gasteiger partial charge on any atom is -0.208 e. The molecule has 0 atom stereocenters. The van der Waals surface area contributed by atoms with Gasteiger partial charge in [-0.25, -0.2) is 29.9 Å². The first-order valence-electron chi connectivity index (χ1n) is 20.1. The van der Waals surface area contributed by atoms with Crippen LogP contribution in [0.15, 0.2) is 206 Å². The molecule has 3 heterocycles. The molecule has 286 valence electrons. The number of nitrogens with zero attached hydrogens (tertiary/aromatic N) is 6. The van der Waals surface area contributed by atoms with Crippen LogP contribution in [0.4, 0.5) is 0 Å². The number of thiophene rings is 1. The predicted octanol–water partition coefficient (Wildman–Crippen LogP) is 13.8. The Morgan fingerprint density at radius 2 is 0.639 bits per heavy atom. The normalized spacial score (nSPS) is 11.3. The van der Waals surface area contributed by atoms with E-state index in [1.54, 1.807) is 11.3 Å². The fourth-order valence-corrected chi connectivity index (χ4v) is 8.91. The molecule has 0 saturated heterocycles. The van der Waals surface area contributed by atoms with Crippen LogP contribution in [0, 0.1) is 0 Å². The summed E-state index contributed by atoms with van der Waals surface area (Å²) in [5, 5.41) is 2.35. The maximum atomic E-state index is 5.27. The lowest BCUT2D eigenvalue weighted by molar-refractivity contribution is 1.07. The fraction of sp³-hybridized carbons (Fsp3) is 0. The van der Waals surface area contributed by atoms with E-state index in [0.29, 0.717) is 34.9 Å². The van der Waals surface area contributed by atoms with E-state index < -0.39 is 0 Å². The van der Waals surface area contributed by atoms with Crippen molar-refractivity contribution in [1.82, 2.24) is 29.9 Å². The van der Waals surface area contributed by atoms with E-state index in [1.807, 2.05) is 84.9 Å². The maximum Gasteiger partial charge on any atom is 0.165 e. The van der Waals surface area contributed by atoms with Crippen molar-refractivity contribution in [3.8, 4) is 90.6 Å². The number of rotatable bonds is 8. The summed E-state index contributed by atoms with van der Waals surface area (Å²) in [5.74, 6) is 3.74. The Hall–Kier alpha value is -8.00. The standard InChI is InChI=1S/C54H34N6S/c1-5-16-35(17-6-1)41-24-15-25-42(32-41)53-58-51(39-22-11-4-12-23-39)59-54(60-53)46-34-43(33-45-44-26-13-14-27-47(44)61-48(45)46)36-28-30-40(31-29-36)52-56-49(37-18-7-2-8-19-37)55-50(57-52)38-20-9-3-10-21-38/h1-34H. The van der Waals surface area contributed by atoms with Crippen LogP contribution in [0.5, 0.6) is 0 Å². The second-order valence-electron chi connectivity index (χ2n) is 14.7. The summed E-state index contributed by atoms with van der Waals surface area (Å²) in [6, 6.07) is 70.7.